The Morgan fingerprint density at radius 3 is 1.74 bits per heavy atom. The molecule has 0 spiro atoms. The van der Waals surface area contributed by atoms with Gasteiger partial charge in [0.1, 0.15) is 0 Å². The highest BCUT2D eigenvalue weighted by atomic mass is 14.3. The van der Waals surface area contributed by atoms with E-state index in [2.05, 4.69) is 55.4 Å². The van der Waals surface area contributed by atoms with E-state index in [1.54, 1.807) is 0 Å². The van der Waals surface area contributed by atoms with Crippen molar-refractivity contribution in [3.63, 3.8) is 0 Å². The maximum absolute atomic E-state index is 8.80. The first kappa shape index (κ1) is 19.3. The van der Waals surface area contributed by atoms with E-state index in [1.807, 2.05) is 13.8 Å². The molecular weight excluding hydrogens is 276 g/mol. The fraction of sp³-hybridized carbons (Fsp3) is 1.00. The van der Waals surface area contributed by atoms with E-state index in [-0.39, 0.29) is 17.2 Å². The Morgan fingerprint density at radius 1 is 0.783 bits per heavy atom. The average Bonchev–Trinajstić information content (AvgIpc) is 2.32. The minimum Gasteiger partial charge on any atom is -0.0649 e. The van der Waals surface area contributed by atoms with Gasteiger partial charge in [0.25, 0.3) is 0 Å². The second kappa shape index (κ2) is 10.1. The van der Waals surface area contributed by atoms with Gasteiger partial charge in [-0.05, 0) is 66.6 Å². The van der Waals surface area contributed by atoms with Crippen molar-refractivity contribution >= 4 is 0 Å². The molecular formula is C23H48. The van der Waals surface area contributed by atoms with Gasteiger partial charge in [0.05, 0.1) is 0 Å². The molecule has 0 heterocycles. The SMILES string of the molecule is [3H]C(C)(C)CC(C)CC(C)(C)CCC([3H])(C)CC(C)CC(C)(C)CC. The summed E-state index contributed by atoms with van der Waals surface area (Å²) >= 11 is 0. The Balaban J connectivity index is 4.50. The monoisotopic (exact) mass is 328 g/mol. The molecule has 0 amide bonds. The molecule has 0 aromatic carbocycles. The van der Waals surface area contributed by atoms with Crippen molar-refractivity contribution in [3.05, 3.63) is 0 Å². The smallest absolute Gasteiger partial charge is 0.0300 e. The van der Waals surface area contributed by atoms with Crippen LogP contribution in [0.15, 0.2) is 0 Å². The highest BCUT2D eigenvalue weighted by Gasteiger charge is 2.24. The molecule has 0 N–H and O–H groups in total. The van der Waals surface area contributed by atoms with E-state index >= 15 is 0 Å². The Labute approximate surface area is 152 Å². The zero-order valence-corrected chi connectivity index (χ0v) is 18.1. The predicted octanol–water partition coefficient (Wildman–Crippen LogP) is 8.35. The molecule has 0 saturated carbocycles. The fourth-order valence-electron chi connectivity index (χ4n) is 4.22. The van der Waals surface area contributed by atoms with Crippen molar-refractivity contribution in [1.29, 1.82) is 0 Å². The lowest BCUT2D eigenvalue weighted by Gasteiger charge is -2.31. The zero-order chi connectivity index (χ0) is 20.1. The summed E-state index contributed by atoms with van der Waals surface area (Å²) in [5.74, 6) is 0.534. The molecule has 0 aromatic rings. The maximum Gasteiger partial charge on any atom is 0.0300 e. The molecule has 3 unspecified atom stereocenters. The van der Waals surface area contributed by atoms with Crippen LogP contribution in [0.3, 0.4) is 0 Å². The highest BCUT2D eigenvalue weighted by Crippen LogP contribution is 2.36. The summed E-state index contributed by atoms with van der Waals surface area (Å²) in [5, 5.41) is 0. The molecule has 23 heavy (non-hydrogen) atoms. The van der Waals surface area contributed by atoms with Crippen LogP contribution in [0.25, 0.3) is 0 Å². The summed E-state index contributed by atoms with van der Waals surface area (Å²) in [6, 6.07) is 0. The van der Waals surface area contributed by atoms with Crippen LogP contribution in [0.4, 0.5) is 0 Å². The lowest BCUT2D eigenvalue weighted by molar-refractivity contribution is 0.202. The molecule has 0 heteroatoms. The Bertz CT molecular complexity index is 374. The van der Waals surface area contributed by atoms with Gasteiger partial charge in [-0.15, -0.1) is 0 Å². The van der Waals surface area contributed by atoms with Crippen LogP contribution in [-0.4, -0.2) is 0 Å². The Kier molecular flexibility index (Phi) is 8.48. The quantitative estimate of drug-likeness (QED) is 0.337. The van der Waals surface area contributed by atoms with Crippen LogP contribution in [0.2, 0.25) is 0 Å². The third-order valence-corrected chi connectivity index (χ3v) is 5.44. The maximum atomic E-state index is 8.80. The van der Waals surface area contributed by atoms with E-state index in [0.29, 0.717) is 17.3 Å². The summed E-state index contributed by atoms with van der Waals surface area (Å²) < 4.78 is 16.9. The van der Waals surface area contributed by atoms with E-state index in [9.17, 15) is 0 Å². The van der Waals surface area contributed by atoms with Crippen LogP contribution in [0, 0.1) is 34.5 Å². The lowest BCUT2D eigenvalue weighted by atomic mass is 9.74. The molecule has 3 atom stereocenters. The Morgan fingerprint density at radius 2 is 1.26 bits per heavy atom. The van der Waals surface area contributed by atoms with E-state index in [4.69, 9.17) is 2.74 Å². The summed E-state index contributed by atoms with van der Waals surface area (Å²) in [4.78, 5) is 0. The summed E-state index contributed by atoms with van der Waals surface area (Å²) in [6.07, 6.45) is 7.64. The van der Waals surface area contributed by atoms with Gasteiger partial charge in [-0.25, -0.2) is 0 Å². The van der Waals surface area contributed by atoms with Crippen molar-refractivity contribution < 1.29 is 2.74 Å². The molecule has 0 aliphatic carbocycles. The summed E-state index contributed by atoms with van der Waals surface area (Å²) in [5.41, 5.74) is 0.659. The molecule has 0 nitrogen and oxygen atoms in total. The van der Waals surface area contributed by atoms with Gasteiger partial charge in [0, 0.05) is 2.74 Å². The molecule has 140 valence electrons. The van der Waals surface area contributed by atoms with Crippen molar-refractivity contribution in [2.45, 2.75) is 114 Å². The third-order valence-electron chi connectivity index (χ3n) is 5.44. The van der Waals surface area contributed by atoms with Gasteiger partial charge in [-0.3, -0.25) is 0 Å². The molecule has 0 radical (unpaired) electrons. The standard InChI is InChI=1S/C23H48/c1-11-22(7,8)16-21(6)15-19(4)12-13-23(9,10)17-20(5)14-18(2)3/h18-21H,11-17H2,1-10H3/i18T,19T. The summed E-state index contributed by atoms with van der Waals surface area (Å²) in [7, 11) is 0. The normalized spacial score (nSPS) is 20.4. The van der Waals surface area contributed by atoms with Crippen LogP contribution < -0.4 is 0 Å². The number of hydrogen-bond acceptors (Lipinski definition) is 0. The second-order valence-electron chi connectivity index (χ2n) is 10.4. The van der Waals surface area contributed by atoms with Gasteiger partial charge in [0.15, 0.2) is 0 Å². The Hall–Kier alpha value is 0. The van der Waals surface area contributed by atoms with E-state index in [1.165, 1.54) is 12.8 Å². The van der Waals surface area contributed by atoms with Crippen LogP contribution in [0.5, 0.6) is 0 Å². The van der Waals surface area contributed by atoms with Gasteiger partial charge >= 0.3 is 0 Å². The third kappa shape index (κ3) is 12.1. The van der Waals surface area contributed by atoms with Crippen LogP contribution >= 0.6 is 0 Å². The van der Waals surface area contributed by atoms with Crippen molar-refractivity contribution in [1.82, 2.24) is 0 Å². The highest BCUT2D eigenvalue weighted by molar-refractivity contribution is 4.76. The molecule has 0 rings (SSSR count). The van der Waals surface area contributed by atoms with Crippen molar-refractivity contribution in [2.24, 2.45) is 34.5 Å². The first-order valence-electron chi connectivity index (χ1n) is 11.0. The molecule has 0 aliphatic heterocycles. The largest absolute Gasteiger partial charge is 0.0649 e. The average molecular weight is 329 g/mol. The van der Waals surface area contributed by atoms with Gasteiger partial charge in [-0.2, -0.15) is 0 Å². The molecule has 0 bridgehead atoms. The van der Waals surface area contributed by atoms with Crippen molar-refractivity contribution in [3.8, 4) is 0 Å². The van der Waals surface area contributed by atoms with E-state index < -0.39 is 0 Å². The van der Waals surface area contributed by atoms with Gasteiger partial charge in [-0.1, -0.05) is 82.1 Å². The van der Waals surface area contributed by atoms with Crippen LogP contribution in [0.1, 0.15) is 117 Å². The topological polar surface area (TPSA) is 0 Å². The van der Waals surface area contributed by atoms with Gasteiger partial charge < -0.3 is 0 Å². The molecule has 0 fully saturated rings. The predicted molar refractivity (Wildman–Crippen MR) is 108 cm³/mol. The second-order valence-corrected chi connectivity index (χ2v) is 10.4. The first-order chi connectivity index (χ1) is 11.0. The van der Waals surface area contributed by atoms with E-state index in [0.717, 1.165) is 32.1 Å². The molecule has 0 aliphatic rings. The number of hydrogen-bond donors (Lipinski definition) is 0. The minimum absolute atomic E-state index is 0.263. The van der Waals surface area contributed by atoms with Crippen LogP contribution in [-0.2, 0) is 0 Å². The molecule has 0 saturated heterocycles. The fourth-order valence-corrected chi connectivity index (χ4v) is 4.22. The molecule has 0 aromatic heterocycles. The zero-order valence-electron chi connectivity index (χ0n) is 20.1. The van der Waals surface area contributed by atoms with Gasteiger partial charge in [0.2, 0.25) is 0 Å². The number of rotatable bonds is 12. The summed E-state index contributed by atoms with van der Waals surface area (Å²) in [6.45, 7) is 22.4. The first-order valence-corrected chi connectivity index (χ1v) is 9.97. The van der Waals surface area contributed by atoms with Crippen molar-refractivity contribution in [2.75, 3.05) is 0 Å². The minimum atomic E-state index is -0.332. The lowest BCUT2D eigenvalue weighted by Crippen LogP contribution is -2.19.